The van der Waals surface area contributed by atoms with E-state index in [4.69, 9.17) is 13.9 Å². The lowest BCUT2D eigenvalue weighted by atomic mass is 9.79. The number of hydrogen-bond donors (Lipinski definition) is 0. The van der Waals surface area contributed by atoms with Gasteiger partial charge < -0.3 is 18.8 Å². The minimum atomic E-state index is -4.44. The highest BCUT2D eigenvalue weighted by atomic mass is 32.2. The second-order valence-electron chi connectivity index (χ2n) is 11.3. The molecule has 1 aromatic heterocycles. The van der Waals surface area contributed by atoms with Crippen LogP contribution in [0, 0.1) is 11.3 Å². The molecule has 0 bridgehead atoms. The Morgan fingerprint density at radius 1 is 1.07 bits per heavy atom. The van der Waals surface area contributed by atoms with Crippen molar-refractivity contribution >= 4 is 21.6 Å². The lowest BCUT2D eigenvalue weighted by molar-refractivity contribution is -0.127. The number of carbonyl (C=O) groups excluding carboxylic acids is 1. The third kappa shape index (κ3) is 4.84. The molecule has 0 saturated carbocycles. The summed E-state index contributed by atoms with van der Waals surface area (Å²) in [5.74, 6) is 0.587. The number of likely N-dealkylation sites (tertiary alicyclic amines) is 1. The van der Waals surface area contributed by atoms with Gasteiger partial charge in [0.2, 0.25) is 5.89 Å². The third-order valence-electron chi connectivity index (χ3n) is 8.40. The van der Waals surface area contributed by atoms with Crippen molar-refractivity contribution in [1.29, 1.82) is 5.26 Å². The number of nitrogens with zero attached hydrogens (tertiary/aromatic N) is 5. The van der Waals surface area contributed by atoms with Crippen LogP contribution in [0.2, 0.25) is 0 Å². The first-order chi connectivity index (χ1) is 21.7. The maximum Gasteiger partial charge on any atom is 0.271 e. The van der Waals surface area contributed by atoms with Crippen LogP contribution in [0.15, 0.2) is 82.4 Å². The van der Waals surface area contributed by atoms with Gasteiger partial charge in [0, 0.05) is 24.2 Å². The van der Waals surface area contributed by atoms with Crippen molar-refractivity contribution in [3.05, 3.63) is 101 Å². The van der Waals surface area contributed by atoms with Gasteiger partial charge in [-0.2, -0.15) is 5.26 Å². The zero-order chi connectivity index (χ0) is 31.9. The van der Waals surface area contributed by atoms with E-state index in [9.17, 15) is 13.7 Å². The molecule has 3 aromatic carbocycles. The molecule has 45 heavy (non-hydrogen) atoms. The fourth-order valence-electron chi connectivity index (χ4n) is 6.55. The number of benzene rings is 3. The van der Waals surface area contributed by atoms with Crippen molar-refractivity contribution in [2.45, 2.75) is 35.9 Å². The number of rotatable bonds is 9. The Kier molecular flexibility index (Phi) is 7.86. The summed E-state index contributed by atoms with van der Waals surface area (Å²) < 4.78 is 46.8. The van der Waals surface area contributed by atoms with Crippen LogP contribution in [0.5, 0.6) is 11.5 Å². The molecular formula is C33H33N5O6S. The first kappa shape index (κ1) is 30.3. The standard InChI is InChI=1S/C33H33N5O6S/c1-36(2)21-23-8-14-30(43-4)27(19-23)33(37-16-5-6-29(37)31-35-15-17-44-31)26-18-22(20-34)7-13-28(26)38(32(33)39)45(40,41)25-11-9-24(42-3)10-12-25/h7-15,17-19,29H,5-6,16,21H2,1-4H3/t29-,33?/m0/s1. The van der Waals surface area contributed by atoms with Crippen LogP contribution in [-0.4, -0.2) is 64.0 Å². The largest absolute Gasteiger partial charge is 0.497 e. The predicted molar refractivity (Wildman–Crippen MR) is 165 cm³/mol. The molecule has 2 aliphatic rings. The molecule has 6 rings (SSSR count). The van der Waals surface area contributed by atoms with Gasteiger partial charge in [0.1, 0.15) is 17.8 Å². The number of methoxy groups -OCH3 is 2. The lowest BCUT2D eigenvalue weighted by Gasteiger charge is -2.41. The second-order valence-corrected chi connectivity index (χ2v) is 13.1. The third-order valence-corrected chi connectivity index (χ3v) is 10.1. The molecule has 0 radical (unpaired) electrons. The Hall–Kier alpha value is -4.70. The van der Waals surface area contributed by atoms with Crippen molar-refractivity contribution in [2.24, 2.45) is 0 Å². The van der Waals surface area contributed by atoms with Gasteiger partial charge in [0.05, 0.1) is 48.7 Å². The highest BCUT2D eigenvalue weighted by Gasteiger charge is 2.62. The van der Waals surface area contributed by atoms with Crippen LogP contribution in [-0.2, 0) is 26.9 Å². The van der Waals surface area contributed by atoms with Crippen LogP contribution in [0.3, 0.4) is 0 Å². The number of sulfonamides is 1. The number of hydrogen-bond acceptors (Lipinski definition) is 10. The zero-order valence-electron chi connectivity index (χ0n) is 25.4. The molecule has 4 aromatic rings. The molecule has 1 saturated heterocycles. The van der Waals surface area contributed by atoms with Gasteiger partial charge in [-0.25, -0.2) is 17.7 Å². The van der Waals surface area contributed by atoms with E-state index in [1.165, 1.54) is 56.9 Å². The summed E-state index contributed by atoms with van der Waals surface area (Å²) in [4.78, 5) is 23.7. The number of carbonyl (C=O) groups is 1. The Balaban J connectivity index is 1.69. The summed E-state index contributed by atoms with van der Waals surface area (Å²) >= 11 is 0. The van der Waals surface area contributed by atoms with E-state index in [1.54, 1.807) is 18.3 Å². The molecule has 2 atom stereocenters. The first-order valence-electron chi connectivity index (χ1n) is 14.4. The normalized spacial score (nSPS) is 20.0. The van der Waals surface area contributed by atoms with E-state index < -0.39 is 27.5 Å². The van der Waals surface area contributed by atoms with Crippen LogP contribution in [0.25, 0.3) is 0 Å². The molecule has 1 amide bonds. The topological polar surface area (TPSA) is 129 Å². The number of oxazole rings is 1. The van der Waals surface area contributed by atoms with Gasteiger partial charge in [-0.3, -0.25) is 9.69 Å². The van der Waals surface area contributed by atoms with Gasteiger partial charge >= 0.3 is 0 Å². The Morgan fingerprint density at radius 3 is 2.49 bits per heavy atom. The molecule has 232 valence electrons. The molecular weight excluding hydrogens is 594 g/mol. The minimum Gasteiger partial charge on any atom is -0.497 e. The molecule has 3 heterocycles. The quantitative estimate of drug-likeness (QED) is 0.263. The molecule has 11 nitrogen and oxygen atoms in total. The molecule has 2 aliphatic heterocycles. The van der Waals surface area contributed by atoms with Crippen molar-refractivity contribution < 1.29 is 27.1 Å². The molecule has 12 heteroatoms. The van der Waals surface area contributed by atoms with E-state index in [0.717, 1.165) is 9.87 Å². The van der Waals surface area contributed by atoms with Crippen molar-refractivity contribution in [1.82, 2.24) is 14.8 Å². The first-order valence-corrected chi connectivity index (χ1v) is 15.9. The van der Waals surface area contributed by atoms with E-state index >= 15 is 4.79 Å². The number of anilines is 1. The van der Waals surface area contributed by atoms with E-state index in [0.29, 0.717) is 54.4 Å². The lowest BCUT2D eigenvalue weighted by Crippen LogP contribution is -2.54. The summed E-state index contributed by atoms with van der Waals surface area (Å²) in [6.45, 7) is 0.982. The van der Waals surface area contributed by atoms with E-state index in [1.807, 2.05) is 36.0 Å². The van der Waals surface area contributed by atoms with Gasteiger partial charge in [0.25, 0.3) is 15.9 Å². The Bertz CT molecular complexity index is 1890. The van der Waals surface area contributed by atoms with Crippen molar-refractivity contribution in [3.63, 3.8) is 0 Å². The number of amides is 1. The Morgan fingerprint density at radius 2 is 1.84 bits per heavy atom. The fourth-order valence-corrected chi connectivity index (χ4v) is 8.01. The van der Waals surface area contributed by atoms with Crippen LogP contribution < -0.4 is 13.8 Å². The summed E-state index contributed by atoms with van der Waals surface area (Å²) in [6.07, 6.45) is 4.35. The highest BCUT2D eigenvalue weighted by Crippen LogP contribution is 2.56. The van der Waals surface area contributed by atoms with Gasteiger partial charge in [-0.15, -0.1) is 0 Å². The molecule has 0 spiro atoms. The maximum absolute atomic E-state index is 15.4. The average Bonchev–Trinajstić information content (AvgIpc) is 3.79. The second kappa shape index (κ2) is 11.7. The van der Waals surface area contributed by atoms with Crippen LogP contribution in [0.1, 0.15) is 47.0 Å². The number of ether oxygens (including phenoxy) is 2. The van der Waals surface area contributed by atoms with Crippen molar-refractivity contribution in [2.75, 3.05) is 39.2 Å². The molecule has 0 N–H and O–H groups in total. The Labute approximate surface area is 262 Å². The van der Waals surface area contributed by atoms with Crippen LogP contribution in [0.4, 0.5) is 5.69 Å². The fraction of sp³-hybridized carbons (Fsp3) is 0.303. The smallest absolute Gasteiger partial charge is 0.271 e. The maximum atomic E-state index is 15.4. The minimum absolute atomic E-state index is 0.0817. The SMILES string of the molecule is COc1ccc(S(=O)(=O)N2C(=O)C(c3cc(CN(C)C)ccc3OC)(N3CCC[C@H]3c3ncco3)c3cc(C#N)ccc32)cc1. The van der Waals surface area contributed by atoms with E-state index in [2.05, 4.69) is 11.1 Å². The number of fused-ring (bicyclic) bond motifs is 1. The monoisotopic (exact) mass is 627 g/mol. The summed E-state index contributed by atoms with van der Waals surface area (Å²) in [7, 11) is 2.45. The highest BCUT2D eigenvalue weighted by molar-refractivity contribution is 7.93. The number of nitriles is 1. The van der Waals surface area contributed by atoms with Crippen molar-refractivity contribution in [3.8, 4) is 17.6 Å². The van der Waals surface area contributed by atoms with Gasteiger partial charge in [0.15, 0.2) is 5.54 Å². The van der Waals surface area contributed by atoms with Crippen LogP contribution >= 0.6 is 0 Å². The van der Waals surface area contributed by atoms with E-state index in [-0.39, 0.29) is 16.1 Å². The summed E-state index contributed by atoms with van der Waals surface area (Å²) in [5, 5.41) is 9.99. The van der Waals surface area contributed by atoms with Gasteiger partial charge in [-0.05, 0) is 87.1 Å². The summed E-state index contributed by atoms with van der Waals surface area (Å²) in [5.41, 5.74) is 0.450. The predicted octanol–water partition coefficient (Wildman–Crippen LogP) is 4.44. The molecule has 1 fully saturated rings. The van der Waals surface area contributed by atoms with Gasteiger partial charge in [-0.1, -0.05) is 6.07 Å². The summed E-state index contributed by atoms with van der Waals surface area (Å²) in [6, 6.07) is 17.9. The molecule has 0 aliphatic carbocycles. The average molecular weight is 628 g/mol. The number of aromatic nitrogens is 1. The zero-order valence-corrected chi connectivity index (χ0v) is 26.2. The molecule has 1 unspecified atom stereocenters.